The number of benzene rings is 3. The minimum absolute atomic E-state index is 0.0122. The topological polar surface area (TPSA) is 126 Å². The number of amides is 1. The Kier molecular flexibility index (Phi) is 7.95. The Morgan fingerprint density at radius 3 is 2.64 bits per heavy atom. The van der Waals surface area contributed by atoms with Crippen LogP contribution in [0, 0.1) is 5.82 Å². The lowest BCUT2D eigenvalue weighted by Gasteiger charge is -2.23. The van der Waals surface area contributed by atoms with Crippen molar-refractivity contribution in [2.24, 2.45) is 0 Å². The lowest BCUT2D eigenvalue weighted by Crippen LogP contribution is -2.29. The number of carbonyl (C=O) groups excluding carboxylic acids is 2. The molecule has 4 aromatic rings. The van der Waals surface area contributed by atoms with Crippen LogP contribution in [0.2, 0.25) is 0 Å². The molecule has 3 heterocycles. The van der Waals surface area contributed by atoms with Gasteiger partial charge in [0.15, 0.2) is 5.13 Å². The molecule has 2 aliphatic rings. The zero-order chi connectivity index (χ0) is 30.1. The summed E-state index contributed by atoms with van der Waals surface area (Å²) >= 11 is 1.10. The number of anilines is 1. The van der Waals surface area contributed by atoms with E-state index in [1.165, 1.54) is 23.1 Å². The highest BCUT2D eigenvalue weighted by molar-refractivity contribution is 7.22. The zero-order valence-electron chi connectivity index (χ0n) is 23.0. The van der Waals surface area contributed by atoms with Crippen LogP contribution in [0.5, 0.6) is 11.5 Å². The van der Waals surface area contributed by atoms with E-state index in [0.717, 1.165) is 29.6 Å². The van der Waals surface area contributed by atoms with Crippen LogP contribution in [0.15, 0.2) is 66.2 Å². The number of aliphatic hydroxyl groups excluding tert-OH is 1. The van der Waals surface area contributed by atoms with Gasteiger partial charge in [-0.15, -0.1) is 0 Å². The molecule has 3 aromatic carbocycles. The van der Waals surface area contributed by atoms with Crippen LogP contribution >= 0.6 is 11.3 Å². The molecule has 0 bridgehead atoms. The number of Topliss-reactive ketones (excluding diaryl/α,β-unsaturated/α-hetero) is 1. The van der Waals surface area contributed by atoms with Gasteiger partial charge in [0.2, 0.25) is 0 Å². The Hall–Kier alpha value is -4.77. The molecule has 1 fully saturated rings. The number of ether oxygens (including phenoxy) is 2. The van der Waals surface area contributed by atoms with Crippen LogP contribution in [0.4, 0.5) is 9.52 Å². The molecular weight excluding hydrogens is 563 g/mol. The predicted molar refractivity (Wildman–Crippen MR) is 156 cm³/mol. The molecule has 0 aliphatic carbocycles. The van der Waals surface area contributed by atoms with Gasteiger partial charge in [0.25, 0.3) is 11.8 Å². The molecule has 216 valence electrons. The summed E-state index contributed by atoms with van der Waals surface area (Å²) in [7, 11) is 0. The number of ketones is 1. The van der Waals surface area contributed by atoms with Crippen molar-refractivity contribution in [3.8, 4) is 11.5 Å². The molecule has 6 rings (SSSR count). The average molecular weight is 591 g/mol. The lowest BCUT2D eigenvalue weighted by molar-refractivity contribution is -0.134. The number of carbonyl (C=O) groups is 3. The van der Waals surface area contributed by atoms with E-state index in [-0.39, 0.29) is 22.6 Å². The maximum Gasteiger partial charge on any atom is 0.301 e. The number of rotatable bonds is 5. The van der Waals surface area contributed by atoms with E-state index in [0.29, 0.717) is 40.1 Å². The molecule has 2 aliphatic heterocycles. The van der Waals surface area contributed by atoms with Crippen LogP contribution in [-0.4, -0.2) is 45.6 Å². The molecule has 2 atom stereocenters. The summed E-state index contributed by atoms with van der Waals surface area (Å²) in [6.07, 6.45) is 0.686. The number of thiazole rings is 1. The van der Waals surface area contributed by atoms with Crippen molar-refractivity contribution >= 4 is 50.1 Å². The van der Waals surface area contributed by atoms with Crippen molar-refractivity contribution in [1.82, 2.24) is 4.98 Å². The van der Waals surface area contributed by atoms with Gasteiger partial charge in [-0.3, -0.25) is 19.3 Å². The minimum atomic E-state index is -0.968. The number of halogens is 1. The number of hydrogen-bond acceptors (Lipinski definition) is 8. The number of carboxylic acid groups (broad SMARTS) is 1. The Morgan fingerprint density at radius 2 is 1.90 bits per heavy atom. The second-order valence-electron chi connectivity index (χ2n) is 9.76. The first kappa shape index (κ1) is 28.7. The third-order valence-corrected chi connectivity index (χ3v) is 7.66. The molecule has 11 heteroatoms. The quantitative estimate of drug-likeness (QED) is 0.168. The molecule has 1 aromatic heterocycles. The summed E-state index contributed by atoms with van der Waals surface area (Å²) in [6.45, 7) is 5.33. The van der Waals surface area contributed by atoms with Crippen LogP contribution in [-0.2, 0) is 20.8 Å². The summed E-state index contributed by atoms with van der Waals surface area (Å²) in [5.41, 5.74) is 2.35. The number of fused-ring (bicyclic) bond motifs is 2. The smallest absolute Gasteiger partial charge is 0.301 e. The predicted octanol–water partition coefficient (Wildman–Crippen LogP) is 5.87. The highest BCUT2D eigenvalue weighted by Crippen LogP contribution is 2.45. The van der Waals surface area contributed by atoms with Crippen LogP contribution in [0.3, 0.4) is 0 Å². The Morgan fingerprint density at radius 1 is 1.14 bits per heavy atom. The largest absolute Gasteiger partial charge is 0.507 e. The Bertz CT molecular complexity index is 1740. The first-order valence-corrected chi connectivity index (χ1v) is 14.0. The van der Waals surface area contributed by atoms with E-state index >= 15 is 0 Å². The summed E-state index contributed by atoms with van der Waals surface area (Å²) in [4.78, 5) is 41.8. The number of aromatic nitrogens is 1. The first-order valence-electron chi connectivity index (χ1n) is 13.2. The normalized spacial score (nSPS) is 18.8. The van der Waals surface area contributed by atoms with E-state index in [2.05, 4.69) is 4.98 Å². The van der Waals surface area contributed by atoms with Crippen molar-refractivity contribution in [1.29, 1.82) is 0 Å². The monoisotopic (exact) mass is 590 g/mol. The van der Waals surface area contributed by atoms with Gasteiger partial charge >= 0.3 is 5.91 Å². The summed E-state index contributed by atoms with van der Waals surface area (Å²) in [6, 6.07) is 15.5. The molecular formula is C31H27FN2O7S. The number of aliphatic hydroxyl groups is 1. The van der Waals surface area contributed by atoms with Gasteiger partial charge in [0, 0.05) is 18.9 Å². The molecule has 1 amide bonds. The maximum absolute atomic E-state index is 13.9. The van der Waals surface area contributed by atoms with Gasteiger partial charge in [-0.1, -0.05) is 23.5 Å². The standard InChI is InChI=1S/C29H23FN2O5S.C2H4O2/c1-3-36-20-6-4-5-16(13-20)25-24(26(33)17-7-10-22-18(12-17)11-15(2)37-22)27(34)28(35)32(25)29-31-21-9-8-19(30)14-23(21)38-29;1-2(3)4/h4-10,12-15,25,33H,3,11H2,1-2H3;1H3,(H,3,4)/b26-24+;. The molecule has 9 nitrogen and oxygen atoms in total. The van der Waals surface area contributed by atoms with Crippen LogP contribution < -0.4 is 14.4 Å². The van der Waals surface area contributed by atoms with Crippen molar-refractivity contribution in [2.75, 3.05) is 11.5 Å². The molecule has 0 spiro atoms. The van der Waals surface area contributed by atoms with Gasteiger partial charge in [-0.2, -0.15) is 0 Å². The summed E-state index contributed by atoms with van der Waals surface area (Å²) in [5, 5.41) is 19.1. The maximum atomic E-state index is 13.9. The summed E-state index contributed by atoms with van der Waals surface area (Å²) in [5.74, 6) is -1.90. The average Bonchev–Trinajstić information content (AvgIpc) is 3.60. The fourth-order valence-corrected chi connectivity index (χ4v) is 6.02. The molecule has 1 saturated heterocycles. The molecule has 2 N–H and O–H groups in total. The van der Waals surface area contributed by atoms with Crippen LogP contribution in [0.1, 0.15) is 43.5 Å². The molecule has 0 radical (unpaired) electrons. The molecule has 2 unspecified atom stereocenters. The van der Waals surface area contributed by atoms with Gasteiger partial charge in [0.1, 0.15) is 29.2 Å². The first-order chi connectivity index (χ1) is 20.1. The fraction of sp³-hybridized carbons (Fsp3) is 0.226. The highest BCUT2D eigenvalue weighted by Gasteiger charge is 2.48. The minimum Gasteiger partial charge on any atom is -0.507 e. The number of carboxylic acids is 1. The van der Waals surface area contributed by atoms with Crippen LogP contribution in [0.25, 0.3) is 16.0 Å². The second kappa shape index (κ2) is 11.6. The Balaban J connectivity index is 0.000000830. The lowest BCUT2D eigenvalue weighted by atomic mass is 9.94. The van der Waals surface area contributed by atoms with Crippen molar-refractivity contribution < 1.29 is 38.5 Å². The molecule has 42 heavy (non-hydrogen) atoms. The number of nitrogens with zero attached hydrogens (tertiary/aromatic N) is 2. The van der Waals surface area contributed by atoms with E-state index in [1.807, 2.05) is 13.8 Å². The fourth-order valence-electron chi connectivity index (χ4n) is 5.00. The van der Waals surface area contributed by atoms with Gasteiger partial charge in [-0.05, 0) is 73.5 Å². The highest BCUT2D eigenvalue weighted by atomic mass is 32.1. The second-order valence-corrected chi connectivity index (χ2v) is 10.8. The van der Waals surface area contributed by atoms with Gasteiger partial charge in [-0.25, -0.2) is 9.37 Å². The zero-order valence-corrected chi connectivity index (χ0v) is 23.8. The number of aliphatic carboxylic acids is 1. The summed E-state index contributed by atoms with van der Waals surface area (Å²) < 4.78 is 25.9. The third kappa shape index (κ3) is 5.55. The van der Waals surface area contributed by atoms with E-state index in [9.17, 15) is 19.1 Å². The SMILES string of the molecule is CC(=O)O.CCOc1cccc(C2/C(=C(\O)c3ccc4c(c3)CC(C)O4)C(=O)C(=O)N2c2nc3ccc(F)cc3s2)c1. The van der Waals surface area contributed by atoms with Crippen molar-refractivity contribution in [3.63, 3.8) is 0 Å². The molecule has 0 saturated carbocycles. The van der Waals surface area contributed by atoms with E-state index in [1.54, 1.807) is 42.5 Å². The van der Waals surface area contributed by atoms with E-state index in [4.69, 9.17) is 19.4 Å². The van der Waals surface area contributed by atoms with E-state index < -0.39 is 29.5 Å². The number of hydrogen-bond donors (Lipinski definition) is 2. The third-order valence-electron chi connectivity index (χ3n) is 6.64. The Labute approximate surface area is 244 Å². The van der Waals surface area contributed by atoms with Gasteiger partial charge < -0.3 is 19.7 Å². The van der Waals surface area contributed by atoms with Crippen molar-refractivity contribution in [3.05, 3.63) is 88.7 Å². The van der Waals surface area contributed by atoms with Gasteiger partial charge in [0.05, 0.1) is 28.4 Å². The van der Waals surface area contributed by atoms with Crippen molar-refractivity contribution in [2.45, 2.75) is 39.3 Å².